The second-order valence-corrected chi connectivity index (χ2v) is 4.27. The summed E-state index contributed by atoms with van der Waals surface area (Å²) >= 11 is 0. The minimum absolute atomic E-state index is 0.131. The molecule has 0 amide bonds. The third-order valence-electron chi connectivity index (χ3n) is 2.56. The van der Waals surface area contributed by atoms with E-state index >= 15 is 0 Å². The number of anilines is 1. The number of ether oxygens (including phenoxy) is 2. The number of aromatic nitrogens is 2. The number of nitrogens with zero attached hydrogens (tertiary/aromatic N) is 2. The van der Waals surface area contributed by atoms with Crippen molar-refractivity contribution in [2.75, 3.05) is 18.5 Å². The number of hydrogen-bond donors (Lipinski definition) is 1. The molecule has 0 radical (unpaired) electrons. The monoisotopic (exact) mass is 291 g/mol. The zero-order valence-corrected chi connectivity index (χ0v) is 12.1. The van der Waals surface area contributed by atoms with Crippen LogP contribution in [0.25, 0.3) is 0 Å². The van der Waals surface area contributed by atoms with Gasteiger partial charge in [-0.25, -0.2) is 4.98 Å². The van der Waals surface area contributed by atoms with Gasteiger partial charge in [-0.3, -0.25) is 0 Å². The summed E-state index contributed by atoms with van der Waals surface area (Å²) in [5.41, 5.74) is 0. The first-order valence-electron chi connectivity index (χ1n) is 6.90. The molecule has 112 valence electrons. The lowest BCUT2D eigenvalue weighted by atomic mass is 10.3. The quantitative estimate of drug-likeness (QED) is 0.844. The molecule has 0 aliphatic rings. The molecule has 0 aliphatic carbocycles. The highest BCUT2D eigenvalue weighted by Crippen LogP contribution is 2.31. The maximum Gasteiger partial charge on any atom is 0.261 e. The summed E-state index contributed by atoms with van der Waals surface area (Å²) in [6.45, 7) is 5.12. The predicted octanol–water partition coefficient (Wildman–Crippen LogP) is 3.63. The standard InChI is InChI=1S/C15H18FN3O2/c1-3-9-20-12-7-5-6-8-13(12)21-14-11(16)10-18-15(19-14)17-4-2/h5-8,10H,3-4,9H2,1-2H3,(H,17,18,19). The summed E-state index contributed by atoms with van der Waals surface area (Å²) in [5.74, 6) is 0.546. The molecule has 0 bridgehead atoms. The summed E-state index contributed by atoms with van der Waals surface area (Å²) in [6, 6.07) is 7.10. The Morgan fingerprint density at radius 2 is 1.95 bits per heavy atom. The van der Waals surface area contributed by atoms with Gasteiger partial charge in [0.2, 0.25) is 11.8 Å². The Hall–Kier alpha value is -2.37. The SMILES string of the molecule is CCCOc1ccccc1Oc1nc(NCC)ncc1F. The van der Waals surface area contributed by atoms with Crippen molar-refractivity contribution < 1.29 is 13.9 Å². The van der Waals surface area contributed by atoms with E-state index in [-0.39, 0.29) is 5.88 Å². The average Bonchev–Trinajstić information content (AvgIpc) is 2.50. The Bertz CT molecular complexity index is 593. The number of benzene rings is 1. The average molecular weight is 291 g/mol. The molecule has 0 unspecified atom stereocenters. The van der Waals surface area contributed by atoms with Crippen molar-refractivity contribution in [3.63, 3.8) is 0 Å². The highest BCUT2D eigenvalue weighted by Gasteiger charge is 2.12. The lowest BCUT2D eigenvalue weighted by Crippen LogP contribution is -2.04. The Kier molecular flexibility index (Phi) is 5.31. The predicted molar refractivity (Wildman–Crippen MR) is 78.5 cm³/mol. The molecule has 0 fully saturated rings. The highest BCUT2D eigenvalue weighted by atomic mass is 19.1. The third kappa shape index (κ3) is 4.05. The summed E-state index contributed by atoms with van der Waals surface area (Å²) in [7, 11) is 0. The van der Waals surface area contributed by atoms with Gasteiger partial charge in [0.1, 0.15) is 0 Å². The van der Waals surface area contributed by atoms with Crippen LogP contribution in [0.15, 0.2) is 30.5 Å². The Morgan fingerprint density at radius 1 is 1.19 bits per heavy atom. The molecule has 2 aromatic rings. The number of rotatable bonds is 7. The minimum atomic E-state index is -0.623. The zero-order chi connectivity index (χ0) is 15.1. The van der Waals surface area contributed by atoms with Gasteiger partial charge in [-0.05, 0) is 25.5 Å². The first-order chi connectivity index (χ1) is 10.2. The van der Waals surface area contributed by atoms with Gasteiger partial charge in [0.05, 0.1) is 12.8 Å². The molecule has 5 nitrogen and oxygen atoms in total. The molecule has 21 heavy (non-hydrogen) atoms. The normalized spacial score (nSPS) is 10.2. The second kappa shape index (κ2) is 7.42. The largest absolute Gasteiger partial charge is 0.490 e. The van der Waals surface area contributed by atoms with Crippen LogP contribution in [0.5, 0.6) is 17.4 Å². The molecule has 0 saturated carbocycles. The number of nitrogens with one attached hydrogen (secondary N) is 1. The van der Waals surface area contributed by atoms with Gasteiger partial charge in [0, 0.05) is 6.54 Å². The Morgan fingerprint density at radius 3 is 2.67 bits per heavy atom. The van der Waals surface area contributed by atoms with Gasteiger partial charge in [0.15, 0.2) is 11.5 Å². The van der Waals surface area contributed by atoms with E-state index in [9.17, 15) is 4.39 Å². The van der Waals surface area contributed by atoms with Crippen LogP contribution in [0.2, 0.25) is 0 Å². The van der Waals surface area contributed by atoms with E-state index in [0.717, 1.165) is 12.6 Å². The Labute approximate surface area is 123 Å². The summed E-state index contributed by atoms with van der Waals surface area (Å²) in [6.07, 6.45) is 1.95. The first-order valence-corrected chi connectivity index (χ1v) is 6.90. The maximum atomic E-state index is 13.8. The van der Waals surface area contributed by atoms with Gasteiger partial charge in [-0.15, -0.1) is 0 Å². The fourth-order valence-corrected chi connectivity index (χ4v) is 1.64. The van der Waals surface area contributed by atoms with Crippen molar-refractivity contribution in [1.82, 2.24) is 9.97 Å². The van der Waals surface area contributed by atoms with Crippen molar-refractivity contribution in [1.29, 1.82) is 0 Å². The Balaban J connectivity index is 2.23. The third-order valence-corrected chi connectivity index (χ3v) is 2.56. The zero-order valence-electron chi connectivity index (χ0n) is 12.1. The summed E-state index contributed by atoms with van der Waals surface area (Å²) in [5, 5.41) is 2.91. The van der Waals surface area contributed by atoms with Crippen LogP contribution in [-0.2, 0) is 0 Å². The van der Waals surface area contributed by atoms with Crippen LogP contribution >= 0.6 is 0 Å². The number of para-hydroxylation sites is 2. The lowest BCUT2D eigenvalue weighted by molar-refractivity contribution is 0.298. The highest BCUT2D eigenvalue weighted by molar-refractivity contribution is 5.42. The molecule has 0 saturated heterocycles. The van der Waals surface area contributed by atoms with E-state index in [4.69, 9.17) is 9.47 Å². The van der Waals surface area contributed by atoms with E-state index in [0.29, 0.717) is 30.6 Å². The van der Waals surface area contributed by atoms with E-state index in [2.05, 4.69) is 15.3 Å². The number of hydrogen-bond acceptors (Lipinski definition) is 5. The molecule has 1 N–H and O–H groups in total. The van der Waals surface area contributed by atoms with E-state index in [1.54, 1.807) is 18.2 Å². The maximum absolute atomic E-state index is 13.8. The van der Waals surface area contributed by atoms with E-state index < -0.39 is 5.82 Å². The molecular formula is C15H18FN3O2. The molecule has 0 spiro atoms. The lowest BCUT2D eigenvalue weighted by Gasteiger charge is -2.12. The van der Waals surface area contributed by atoms with Gasteiger partial charge in [-0.2, -0.15) is 9.37 Å². The molecule has 6 heteroatoms. The minimum Gasteiger partial charge on any atom is -0.490 e. The van der Waals surface area contributed by atoms with Crippen LogP contribution in [0.3, 0.4) is 0 Å². The molecule has 1 aromatic carbocycles. The molecule has 1 aromatic heterocycles. The molecule has 0 aliphatic heterocycles. The van der Waals surface area contributed by atoms with Crippen LogP contribution in [0, 0.1) is 5.82 Å². The molecule has 1 heterocycles. The molecule has 0 atom stereocenters. The fourth-order valence-electron chi connectivity index (χ4n) is 1.64. The van der Waals surface area contributed by atoms with Crippen molar-refractivity contribution >= 4 is 5.95 Å². The van der Waals surface area contributed by atoms with Crippen molar-refractivity contribution in [3.8, 4) is 17.4 Å². The van der Waals surface area contributed by atoms with Crippen LogP contribution in [0.1, 0.15) is 20.3 Å². The van der Waals surface area contributed by atoms with Crippen molar-refractivity contribution in [2.24, 2.45) is 0 Å². The van der Waals surface area contributed by atoms with E-state index in [1.165, 1.54) is 0 Å². The van der Waals surface area contributed by atoms with Crippen LogP contribution in [0.4, 0.5) is 10.3 Å². The molecule has 2 rings (SSSR count). The number of halogens is 1. The molecular weight excluding hydrogens is 273 g/mol. The smallest absolute Gasteiger partial charge is 0.261 e. The van der Waals surface area contributed by atoms with Crippen molar-refractivity contribution in [2.45, 2.75) is 20.3 Å². The summed E-state index contributed by atoms with van der Waals surface area (Å²) < 4.78 is 24.9. The topological polar surface area (TPSA) is 56.3 Å². The summed E-state index contributed by atoms with van der Waals surface area (Å²) in [4.78, 5) is 7.84. The van der Waals surface area contributed by atoms with E-state index in [1.807, 2.05) is 19.9 Å². The van der Waals surface area contributed by atoms with Crippen LogP contribution < -0.4 is 14.8 Å². The van der Waals surface area contributed by atoms with Gasteiger partial charge in [0.25, 0.3) is 5.88 Å². The first kappa shape index (κ1) is 15.0. The van der Waals surface area contributed by atoms with Crippen molar-refractivity contribution in [3.05, 3.63) is 36.3 Å². The fraction of sp³-hybridized carbons (Fsp3) is 0.333. The van der Waals surface area contributed by atoms with Crippen LogP contribution in [-0.4, -0.2) is 23.1 Å². The van der Waals surface area contributed by atoms with Gasteiger partial charge < -0.3 is 14.8 Å². The van der Waals surface area contributed by atoms with Gasteiger partial charge >= 0.3 is 0 Å². The second-order valence-electron chi connectivity index (χ2n) is 4.27. The van der Waals surface area contributed by atoms with Gasteiger partial charge in [-0.1, -0.05) is 19.1 Å².